The molecule has 0 aliphatic rings. The van der Waals surface area contributed by atoms with E-state index in [1.807, 2.05) is 43.3 Å². The molecule has 0 aromatic heterocycles. The van der Waals surface area contributed by atoms with E-state index in [4.69, 9.17) is 26.8 Å². The Hall–Kier alpha value is -2.78. The lowest BCUT2D eigenvalue weighted by Gasteiger charge is -2.15. The van der Waals surface area contributed by atoms with Crippen molar-refractivity contribution in [1.82, 2.24) is 5.43 Å². The Morgan fingerprint density at radius 3 is 2.61 bits per heavy atom. The molecule has 1 amide bonds. The van der Waals surface area contributed by atoms with Gasteiger partial charge in [0.2, 0.25) is 0 Å². The zero-order chi connectivity index (χ0) is 22.2. The summed E-state index contributed by atoms with van der Waals surface area (Å²) in [5, 5.41) is 4.72. The second kappa shape index (κ2) is 11.0. The van der Waals surface area contributed by atoms with Crippen LogP contribution >= 0.6 is 34.2 Å². The van der Waals surface area contributed by atoms with Gasteiger partial charge in [0, 0.05) is 10.7 Å². The zero-order valence-electron chi connectivity index (χ0n) is 16.8. The molecule has 3 N–H and O–H groups in total. The van der Waals surface area contributed by atoms with Crippen LogP contribution in [0.5, 0.6) is 11.5 Å². The molecule has 160 valence electrons. The summed E-state index contributed by atoms with van der Waals surface area (Å²) in [6.45, 7) is 2.77. The maximum Gasteiger partial charge on any atom is 0.273 e. The van der Waals surface area contributed by atoms with E-state index >= 15 is 0 Å². The Balaban J connectivity index is 1.73. The van der Waals surface area contributed by atoms with Crippen LogP contribution in [0.15, 0.2) is 65.8 Å². The van der Waals surface area contributed by atoms with E-state index < -0.39 is 0 Å². The van der Waals surface area contributed by atoms with Crippen molar-refractivity contribution in [2.45, 2.75) is 13.5 Å². The van der Waals surface area contributed by atoms with Crippen LogP contribution < -0.4 is 20.6 Å². The summed E-state index contributed by atoms with van der Waals surface area (Å²) in [6.07, 6.45) is 1.55. The third kappa shape index (κ3) is 6.35. The van der Waals surface area contributed by atoms with Gasteiger partial charge in [-0.3, -0.25) is 4.79 Å². The molecule has 0 heterocycles. The normalized spacial score (nSPS) is 10.8. The van der Waals surface area contributed by atoms with Crippen molar-refractivity contribution in [2.24, 2.45) is 5.10 Å². The molecule has 3 aromatic rings. The minimum absolute atomic E-state index is 0.371. The Morgan fingerprint density at radius 2 is 1.90 bits per heavy atom. The lowest BCUT2D eigenvalue weighted by Crippen LogP contribution is -2.19. The van der Waals surface area contributed by atoms with Crippen LogP contribution in [0.25, 0.3) is 0 Å². The van der Waals surface area contributed by atoms with Gasteiger partial charge >= 0.3 is 0 Å². The molecule has 0 saturated carbocycles. The number of hydrazone groups is 1. The highest BCUT2D eigenvalue weighted by atomic mass is 127. The summed E-state index contributed by atoms with van der Waals surface area (Å²) >= 11 is 8.12. The summed E-state index contributed by atoms with van der Waals surface area (Å²) in [7, 11) is 0. The molecule has 0 saturated heterocycles. The number of hydrogen-bond donors (Lipinski definition) is 2. The van der Waals surface area contributed by atoms with Crippen molar-refractivity contribution >= 4 is 52.0 Å². The molecule has 31 heavy (non-hydrogen) atoms. The average molecular weight is 550 g/mol. The van der Waals surface area contributed by atoms with Crippen molar-refractivity contribution < 1.29 is 14.3 Å². The SMILES string of the molecule is CCOc1cc(/C=N/NC(=O)c2ccccc2N)cc(I)c1OCc1ccc(Cl)cc1. The fraction of sp³-hybridized carbons (Fsp3) is 0.130. The Labute approximate surface area is 199 Å². The number of hydrogen-bond acceptors (Lipinski definition) is 5. The minimum Gasteiger partial charge on any atom is -0.490 e. The molecule has 0 bridgehead atoms. The molecule has 3 aromatic carbocycles. The molecule has 0 aliphatic carbocycles. The second-order valence-electron chi connectivity index (χ2n) is 6.46. The van der Waals surface area contributed by atoms with Crippen LogP contribution in [0.2, 0.25) is 5.02 Å². The number of carbonyl (C=O) groups excluding carboxylic acids is 1. The first kappa shape index (κ1) is 22.9. The van der Waals surface area contributed by atoms with Gasteiger partial charge in [-0.05, 0) is 77.0 Å². The molecule has 8 heteroatoms. The first-order valence-electron chi connectivity index (χ1n) is 9.49. The number of nitrogens with one attached hydrogen (secondary N) is 1. The van der Waals surface area contributed by atoms with E-state index in [0.29, 0.717) is 41.0 Å². The second-order valence-corrected chi connectivity index (χ2v) is 8.06. The van der Waals surface area contributed by atoms with Gasteiger partial charge < -0.3 is 15.2 Å². The number of anilines is 1. The van der Waals surface area contributed by atoms with E-state index in [1.54, 1.807) is 30.5 Å². The van der Waals surface area contributed by atoms with Gasteiger partial charge in [-0.25, -0.2) is 5.43 Å². The number of carbonyl (C=O) groups is 1. The standard InChI is InChI=1S/C23H21ClIN3O3/c1-2-30-21-12-16(13-27-28-23(29)18-5-3-4-6-20(18)26)11-19(25)22(21)31-14-15-7-9-17(24)10-8-15/h3-13H,2,14,26H2,1H3,(H,28,29)/b27-13+. The highest BCUT2D eigenvalue weighted by molar-refractivity contribution is 14.1. The summed E-state index contributed by atoms with van der Waals surface area (Å²) < 4.78 is 12.6. The number of nitrogens with two attached hydrogens (primary N) is 1. The number of rotatable bonds is 8. The van der Waals surface area contributed by atoms with Crippen LogP contribution in [0.4, 0.5) is 5.69 Å². The number of ether oxygens (including phenoxy) is 2. The van der Waals surface area contributed by atoms with E-state index in [0.717, 1.165) is 14.7 Å². The number of benzene rings is 3. The van der Waals surface area contributed by atoms with Crippen molar-refractivity contribution in [2.75, 3.05) is 12.3 Å². The fourth-order valence-corrected chi connectivity index (χ4v) is 3.64. The minimum atomic E-state index is -0.378. The maximum absolute atomic E-state index is 12.2. The molecular formula is C23H21ClIN3O3. The van der Waals surface area contributed by atoms with Gasteiger partial charge in [0.05, 0.1) is 22.0 Å². The molecule has 3 rings (SSSR count). The number of nitrogen functional groups attached to an aromatic ring is 1. The average Bonchev–Trinajstić information content (AvgIpc) is 2.75. The van der Waals surface area contributed by atoms with Gasteiger partial charge in [-0.1, -0.05) is 35.9 Å². The number of nitrogens with zero attached hydrogens (tertiary/aromatic N) is 1. The smallest absolute Gasteiger partial charge is 0.273 e. The van der Waals surface area contributed by atoms with Crippen molar-refractivity contribution in [3.05, 3.63) is 85.9 Å². The molecular weight excluding hydrogens is 529 g/mol. The van der Waals surface area contributed by atoms with Gasteiger partial charge in [0.15, 0.2) is 11.5 Å². The summed E-state index contributed by atoms with van der Waals surface area (Å²) in [5.74, 6) is 0.871. The summed E-state index contributed by atoms with van der Waals surface area (Å²) in [4.78, 5) is 12.2. The summed E-state index contributed by atoms with van der Waals surface area (Å²) in [6, 6.07) is 18.0. The lowest BCUT2D eigenvalue weighted by molar-refractivity contribution is 0.0956. The fourth-order valence-electron chi connectivity index (χ4n) is 2.73. The van der Waals surface area contributed by atoms with Crippen LogP contribution in [0, 0.1) is 3.57 Å². The third-order valence-electron chi connectivity index (χ3n) is 4.21. The van der Waals surface area contributed by atoms with E-state index in [-0.39, 0.29) is 5.91 Å². The highest BCUT2D eigenvalue weighted by Gasteiger charge is 2.13. The van der Waals surface area contributed by atoms with E-state index in [9.17, 15) is 4.79 Å². The lowest BCUT2D eigenvalue weighted by atomic mass is 10.2. The molecule has 0 radical (unpaired) electrons. The molecule has 0 fully saturated rings. The predicted octanol–water partition coefficient (Wildman–Crippen LogP) is 5.27. The Kier molecular flexibility index (Phi) is 8.13. The zero-order valence-corrected chi connectivity index (χ0v) is 19.7. The molecule has 0 spiro atoms. The Morgan fingerprint density at radius 1 is 1.16 bits per heavy atom. The monoisotopic (exact) mass is 549 g/mol. The molecule has 0 atom stereocenters. The van der Waals surface area contributed by atoms with Gasteiger partial charge in [-0.2, -0.15) is 5.10 Å². The highest BCUT2D eigenvalue weighted by Crippen LogP contribution is 2.34. The van der Waals surface area contributed by atoms with Gasteiger partial charge in [-0.15, -0.1) is 0 Å². The van der Waals surface area contributed by atoms with E-state index in [2.05, 4.69) is 33.1 Å². The van der Waals surface area contributed by atoms with Gasteiger partial charge in [0.25, 0.3) is 5.91 Å². The molecule has 6 nitrogen and oxygen atoms in total. The van der Waals surface area contributed by atoms with Crippen molar-refractivity contribution in [3.8, 4) is 11.5 Å². The van der Waals surface area contributed by atoms with Crippen molar-refractivity contribution in [3.63, 3.8) is 0 Å². The van der Waals surface area contributed by atoms with Crippen LogP contribution in [0.1, 0.15) is 28.4 Å². The third-order valence-corrected chi connectivity index (χ3v) is 5.27. The van der Waals surface area contributed by atoms with Gasteiger partial charge in [0.1, 0.15) is 6.61 Å². The van der Waals surface area contributed by atoms with Crippen LogP contribution in [-0.4, -0.2) is 18.7 Å². The maximum atomic E-state index is 12.2. The summed E-state index contributed by atoms with van der Waals surface area (Å²) in [5.41, 5.74) is 10.8. The molecule has 0 unspecified atom stereocenters. The number of halogens is 2. The predicted molar refractivity (Wildman–Crippen MR) is 132 cm³/mol. The molecule has 0 aliphatic heterocycles. The Bertz CT molecular complexity index is 1090. The largest absolute Gasteiger partial charge is 0.490 e. The van der Waals surface area contributed by atoms with E-state index in [1.165, 1.54) is 0 Å². The topological polar surface area (TPSA) is 85.9 Å². The van der Waals surface area contributed by atoms with Crippen molar-refractivity contribution in [1.29, 1.82) is 0 Å². The number of para-hydroxylation sites is 1. The van der Waals surface area contributed by atoms with Crippen LogP contribution in [0.3, 0.4) is 0 Å². The number of amides is 1. The quantitative estimate of drug-likeness (QED) is 0.174. The first-order valence-corrected chi connectivity index (χ1v) is 10.9. The van der Waals surface area contributed by atoms with Crippen LogP contribution in [-0.2, 0) is 6.61 Å². The first-order chi connectivity index (χ1) is 15.0.